The Morgan fingerprint density at radius 3 is 2.82 bits per heavy atom. The van der Waals surface area contributed by atoms with Crippen LogP contribution in [0.2, 0.25) is 0 Å². The summed E-state index contributed by atoms with van der Waals surface area (Å²) in [5.74, 6) is -0.0494. The van der Waals surface area contributed by atoms with Crippen molar-refractivity contribution in [1.82, 2.24) is 14.9 Å². The smallest absolute Gasteiger partial charge is 0.345 e. The van der Waals surface area contributed by atoms with Crippen LogP contribution in [0.5, 0.6) is 0 Å². The van der Waals surface area contributed by atoms with Crippen LogP contribution in [-0.4, -0.2) is 34.4 Å². The highest BCUT2D eigenvalue weighted by atomic mass is 19.4. The zero-order valence-electron chi connectivity index (χ0n) is 8.81. The van der Waals surface area contributed by atoms with E-state index in [2.05, 4.69) is 9.97 Å². The normalized spacial score (nSPS) is 20.6. The number of rotatable bonds is 2. The molecule has 1 amide bonds. The molecule has 0 aliphatic carbocycles. The van der Waals surface area contributed by atoms with Gasteiger partial charge in [-0.15, -0.1) is 0 Å². The number of nitrogens with zero attached hydrogens (tertiary/aromatic N) is 3. The van der Waals surface area contributed by atoms with E-state index < -0.39 is 11.9 Å². The number of hydrogen-bond acceptors (Lipinski definition) is 3. The van der Waals surface area contributed by atoms with E-state index in [0.29, 0.717) is 25.9 Å². The summed E-state index contributed by atoms with van der Waals surface area (Å²) in [5.41, 5.74) is -0.938. The van der Waals surface area contributed by atoms with Gasteiger partial charge in [-0.25, -0.2) is 9.97 Å². The largest absolute Gasteiger partial charge is 0.433 e. The standard InChI is InChI=1S/C10H10F3N3O/c11-10(12,13)8-1-3-14-9(15-8)7-2-4-16(5-7)6-17/h1,3,6-7H,2,4-5H2. The third-order valence-corrected chi connectivity index (χ3v) is 2.70. The first-order chi connectivity index (χ1) is 8.00. The highest BCUT2D eigenvalue weighted by Gasteiger charge is 2.34. The number of halogens is 3. The van der Waals surface area contributed by atoms with E-state index in [-0.39, 0.29) is 11.7 Å². The number of aromatic nitrogens is 2. The molecular weight excluding hydrogens is 235 g/mol. The maximum Gasteiger partial charge on any atom is 0.433 e. The third-order valence-electron chi connectivity index (χ3n) is 2.70. The molecule has 1 fully saturated rings. The Kier molecular flexibility index (Phi) is 2.99. The van der Waals surface area contributed by atoms with Crippen molar-refractivity contribution in [2.75, 3.05) is 13.1 Å². The van der Waals surface area contributed by atoms with Crippen LogP contribution in [0.1, 0.15) is 23.9 Å². The van der Waals surface area contributed by atoms with Crippen LogP contribution in [0, 0.1) is 0 Å². The quantitative estimate of drug-likeness (QED) is 0.741. The van der Waals surface area contributed by atoms with Crippen LogP contribution in [0.25, 0.3) is 0 Å². The van der Waals surface area contributed by atoms with E-state index in [0.717, 1.165) is 12.3 Å². The van der Waals surface area contributed by atoms with Gasteiger partial charge in [-0.3, -0.25) is 4.79 Å². The zero-order chi connectivity index (χ0) is 12.5. The van der Waals surface area contributed by atoms with Crippen LogP contribution in [-0.2, 0) is 11.0 Å². The first-order valence-electron chi connectivity index (χ1n) is 5.10. The van der Waals surface area contributed by atoms with Gasteiger partial charge in [0.05, 0.1) is 0 Å². The first-order valence-corrected chi connectivity index (χ1v) is 5.10. The van der Waals surface area contributed by atoms with Gasteiger partial charge >= 0.3 is 6.18 Å². The molecule has 1 aromatic heterocycles. The summed E-state index contributed by atoms with van der Waals surface area (Å²) >= 11 is 0. The Bertz CT molecular complexity index is 422. The fraction of sp³-hybridized carbons (Fsp3) is 0.500. The molecule has 1 aliphatic rings. The molecule has 1 aromatic rings. The lowest BCUT2D eigenvalue weighted by molar-refractivity contribution is -0.141. The molecule has 0 radical (unpaired) electrons. The Morgan fingerprint density at radius 2 is 2.24 bits per heavy atom. The van der Waals surface area contributed by atoms with Crippen molar-refractivity contribution < 1.29 is 18.0 Å². The second-order valence-electron chi connectivity index (χ2n) is 3.88. The topological polar surface area (TPSA) is 46.1 Å². The molecule has 0 aromatic carbocycles. The lowest BCUT2D eigenvalue weighted by Crippen LogP contribution is -2.19. The minimum atomic E-state index is -4.46. The van der Waals surface area contributed by atoms with Gasteiger partial charge in [0.25, 0.3) is 0 Å². The van der Waals surface area contributed by atoms with Gasteiger partial charge in [-0.1, -0.05) is 0 Å². The Morgan fingerprint density at radius 1 is 1.47 bits per heavy atom. The number of amides is 1. The summed E-state index contributed by atoms with van der Waals surface area (Å²) < 4.78 is 37.3. The highest BCUT2D eigenvalue weighted by Crippen LogP contribution is 2.29. The summed E-state index contributed by atoms with van der Waals surface area (Å²) in [6, 6.07) is 0.843. The molecule has 1 saturated heterocycles. The zero-order valence-corrected chi connectivity index (χ0v) is 8.81. The Balaban J connectivity index is 2.20. The van der Waals surface area contributed by atoms with Crippen molar-refractivity contribution >= 4 is 6.41 Å². The maximum atomic E-state index is 12.4. The van der Waals surface area contributed by atoms with Crippen LogP contribution in [0.15, 0.2) is 12.3 Å². The van der Waals surface area contributed by atoms with Gasteiger partial charge in [-0.05, 0) is 12.5 Å². The second-order valence-corrected chi connectivity index (χ2v) is 3.88. The SMILES string of the molecule is O=CN1CCC(c2nccc(C(F)(F)F)n2)C1. The molecular formula is C10H10F3N3O. The minimum absolute atomic E-state index is 0.157. The van der Waals surface area contributed by atoms with Crippen molar-refractivity contribution in [3.05, 3.63) is 23.8 Å². The molecule has 7 heteroatoms. The summed E-state index contributed by atoms with van der Waals surface area (Å²) in [5, 5.41) is 0. The average molecular weight is 245 g/mol. The van der Waals surface area contributed by atoms with Gasteiger partial charge in [0.2, 0.25) is 6.41 Å². The number of carbonyl (C=O) groups is 1. The first kappa shape index (κ1) is 11.8. The number of carbonyl (C=O) groups excluding carboxylic acids is 1. The molecule has 0 bridgehead atoms. The second kappa shape index (κ2) is 4.31. The van der Waals surface area contributed by atoms with Crippen molar-refractivity contribution in [3.63, 3.8) is 0 Å². The highest BCUT2D eigenvalue weighted by molar-refractivity contribution is 5.48. The molecule has 2 rings (SSSR count). The summed E-state index contributed by atoms with van der Waals surface area (Å²) in [6.07, 6.45) is -2.07. The van der Waals surface area contributed by atoms with Crippen molar-refractivity contribution in [3.8, 4) is 0 Å². The van der Waals surface area contributed by atoms with Crippen molar-refractivity contribution in [2.24, 2.45) is 0 Å². The maximum absolute atomic E-state index is 12.4. The van der Waals surface area contributed by atoms with Gasteiger partial charge in [0.15, 0.2) is 0 Å². The lowest BCUT2D eigenvalue weighted by Gasteiger charge is -2.11. The molecule has 1 atom stereocenters. The fourth-order valence-electron chi connectivity index (χ4n) is 1.82. The van der Waals surface area contributed by atoms with E-state index in [1.165, 1.54) is 4.90 Å². The van der Waals surface area contributed by atoms with Crippen LogP contribution < -0.4 is 0 Å². The molecule has 92 valence electrons. The molecule has 1 aliphatic heterocycles. The molecule has 4 nitrogen and oxygen atoms in total. The fourth-order valence-corrected chi connectivity index (χ4v) is 1.82. The summed E-state index contributed by atoms with van der Waals surface area (Å²) in [4.78, 5) is 19.4. The molecule has 1 unspecified atom stereocenters. The molecule has 0 saturated carbocycles. The summed E-state index contributed by atoms with van der Waals surface area (Å²) in [7, 11) is 0. The van der Waals surface area contributed by atoms with Crippen molar-refractivity contribution in [2.45, 2.75) is 18.5 Å². The Labute approximate surface area is 95.5 Å². The van der Waals surface area contributed by atoms with Crippen molar-refractivity contribution in [1.29, 1.82) is 0 Å². The molecule has 0 spiro atoms. The predicted octanol–water partition coefficient (Wildman–Crippen LogP) is 1.44. The van der Waals surface area contributed by atoms with E-state index in [1.54, 1.807) is 0 Å². The van der Waals surface area contributed by atoms with Crippen LogP contribution >= 0.6 is 0 Å². The minimum Gasteiger partial charge on any atom is -0.345 e. The van der Waals surface area contributed by atoms with Gasteiger partial charge < -0.3 is 4.90 Å². The van der Waals surface area contributed by atoms with E-state index in [9.17, 15) is 18.0 Å². The van der Waals surface area contributed by atoms with Gasteiger partial charge in [-0.2, -0.15) is 13.2 Å². The van der Waals surface area contributed by atoms with E-state index >= 15 is 0 Å². The molecule has 17 heavy (non-hydrogen) atoms. The number of likely N-dealkylation sites (tertiary alicyclic amines) is 1. The number of alkyl halides is 3. The third kappa shape index (κ3) is 2.54. The molecule has 0 N–H and O–H groups in total. The van der Waals surface area contributed by atoms with Gasteiger partial charge in [0, 0.05) is 25.2 Å². The van der Waals surface area contributed by atoms with Crippen LogP contribution in [0.3, 0.4) is 0 Å². The number of hydrogen-bond donors (Lipinski definition) is 0. The van der Waals surface area contributed by atoms with E-state index in [1.807, 2.05) is 0 Å². The van der Waals surface area contributed by atoms with Gasteiger partial charge in [0.1, 0.15) is 11.5 Å². The van der Waals surface area contributed by atoms with E-state index in [4.69, 9.17) is 0 Å². The Hall–Kier alpha value is -1.66. The monoisotopic (exact) mass is 245 g/mol. The lowest BCUT2D eigenvalue weighted by atomic mass is 10.1. The van der Waals surface area contributed by atoms with Crippen LogP contribution in [0.4, 0.5) is 13.2 Å². The predicted molar refractivity (Wildman–Crippen MR) is 52.0 cm³/mol. The average Bonchev–Trinajstić information content (AvgIpc) is 2.76. The summed E-state index contributed by atoms with van der Waals surface area (Å²) in [6.45, 7) is 0.915. The molecule has 2 heterocycles.